The summed E-state index contributed by atoms with van der Waals surface area (Å²) in [5.74, 6) is -2.02. The second kappa shape index (κ2) is 10.3. The van der Waals surface area contributed by atoms with E-state index in [1.165, 1.54) is 23.4 Å². The average Bonchev–Trinajstić information content (AvgIpc) is 3.41. The number of halogens is 2. The van der Waals surface area contributed by atoms with Crippen LogP contribution in [0, 0.1) is 34.8 Å². The predicted octanol–water partition coefficient (Wildman–Crippen LogP) is 4.86. The van der Waals surface area contributed by atoms with E-state index in [1.54, 1.807) is 6.07 Å². The van der Waals surface area contributed by atoms with Crippen LogP contribution >= 0.6 is 0 Å². The van der Waals surface area contributed by atoms with Crippen molar-refractivity contribution in [3.63, 3.8) is 0 Å². The van der Waals surface area contributed by atoms with Crippen molar-refractivity contribution in [2.45, 2.75) is 31.8 Å². The Kier molecular flexibility index (Phi) is 6.98. The third-order valence-corrected chi connectivity index (χ3v) is 7.00. The topological polar surface area (TPSA) is 93.2 Å². The van der Waals surface area contributed by atoms with Gasteiger partial charge in [0.1, 0.15) is 29.9 Å². The van der Waals surface area contributed by atoms with Gasteiger partial charge in [0.2, 0.25) is 0 Å². The van der Waals surface area contributed by atoms with E-state index in [2.05, 4.69) is 16.2 Å². The van der Waals surface area contributed by atoms with Gasteiger partial charge in [-0.25, -0.2) is 18.4 Å². The summed E-state index contributed by atoms with van der Waals surface area (Å²) in [6, 6.07) is 16.7. The maximum absolute atomic E-state index is 14.8. The molecule has 3 aromatic carbocycles. The van der Waals surface area contributed by atoms with Crippen LogP contribution in [0.4, 0.5) is 8.78 Å². The van der Waals surface area contributed by atoms with Crippen molar-refractivity contribution in [1.82, 2.24) is 14.8 Å². The van der Waals surface area contributed by atoms with Crippen molar-refractivity contribution in [3.8, 4) is 6.07 Å². The number of nitrogens with zero attached hydrogens (tertiary/aromatic N) is 4. The van der Waals surface area contributed by atoms with Crippen molar-refractivity contribution in [1.29, 1.82) is 5.26 Å². The summed E-state index contributed by atoms with van der Waals surface area (Å²) in [6.45, 7) is 2.57. The summed E-state index contributed by atoms with van der Waals surface area (Å²) in [4.78, 5) is 3.91. The Morgan fingerprint density at radius 3 is 2.57 bits per heavy atom. The molecule has 1 N–H and O–H groups in total. The van der Waals surface area contributed by atoms with Gasteiger partial charge in [-0.1, -0.05) is 31.2 Å². The number of nitriles is 1. The van der Waals surface area contributed by atoms with E-state index in [-0.39, 0.29) is 18.0 Å². The fourth-order valence-corrected chi connectivity index (χ4v) is 4.96. The molecule has 1 aromatic heterocycles. The molecule has 1 fully saturated rings. The predicted molar refractivity (Wildman–Crippen MR) is 131 cm³/mol. The van der Waals surface area contributed by atoms with Crippen LogP contribution in [0.25, 0.3) is 10.8 Å². The summed E-state index contributed by atoms with van der Waals surface area (Å²) in [5, 5.41) is 26.8. The second-order valence-corrected chi connectivity index (χ2v) is 9.58. The van der Waals surface area contributed by atoms with E-state index in [9.17, 15) is 13.9 Å². The zero-order valence-corrected chi connectivity index (χ0v) is 20.2. The van der Waals surface area contributed by atoms with E-state index >= 15 is 0 Å². The Balaban J connectivity index is 1.29. The molecular formula is C28H26F2N4O3. The number of aromatic nitrogens is 3. The van der Waals surface area contributed by atoms with Gasteiger partial charge >= 0.3 is 0 Å². The molecule has 1 saturated heterocycles. The molecule has 2 unspecified atom stereocenters. The quantitative estimate of drug-likeness (QED) is 0.387. The van der Waals surface area contributed by atoms with E-state index in [0.717, 1.165) is 28.5 Å². The minimum atomic E-state index is -1.66. The van der Waals surface area contributed by atoms with Gasteiger partial charge in [-0.2, -0.15) is 10.4 Å². The Morgan fingerprint density at radius 2 is 1.86 bits per heavy atom. The minimum absolute atomic E-state index is 0.00291. The first-order valence-electron chi connectivity index (χ1n) is 12.0. The van der Waals surface area contributed by atoms with Crippen LogP contribution in [0.5, 0.6) is 0 Å². The molecule has 0 amide bonds. The highest BCUT2D eigenvalue weighted by atomic mass is 19.1. The molecule has 1 aliphatic rings. The lowest BCUT2D eigenvalue weighted by Gasteiger charge is -2.38. The number of hydrogen-bond acceptors (Lipinski definition) is 6. The zero-order chi connectivity index (χ0) is 26.0. The second-order valence-electron chi connectivity index (χ2n) is 9.58. The third kappa shape index (κ3) is 5.23. The Morgan fingerprint density at radius 1 is 1.11 bits per heavy atom. The Bertz CT molecular complexity index is 1430. The summed E-state index contributed by atoms with van der Waals surface area (Å²) in [7, 11) is 0. The lowest BCUT2D eigenvalue weighted by Crippen LogP contribution is -2.41. The van der Waals surface area contributed by atoms with Crippen LogP contribution in [-0.2, 0) is 21.6 Å². The van der Waals surface area contributed by atoms with Crippen LogP contribution in [0.15, 0.2) is 67.3 Å². The van der Waals surface area contributed by atoms with E-state index < -0.39 is 29.4 Å². The third-order valence-electron chi connectivity index (χ3n) is 7.00. The van der Waals surface area contributed by atoms with Gasteiger partial charge in [0.05, 0.1) is 31.4 Å². The lowest BCUT2D eigenvalue weighted by atomic mass is 9.77. The van der Waals surface area contributed by atoms with Gasteiger partial charge in [0.15, 0.2) is 6.29 Å². The molecule has 4 aromatic rings. The smallest absolute Gasteiger partial charge is 0.183 e. The highest BCUT2D eigenvalue weighted by Crippen LogP contribution is 2.38. The molecule has 5 rings (SSSR count). The first-order chi connectivity index (χ1) is 17.9. The van der Waals surface area contributed by atoms with Crippen molar-refractivity contribution in [2.24, 2.45) is 11.8 Å². The monoisotopic (exact) mass is 504 g/mol. The maximum Gasteiger partial charge on any atom is 0.183 e. The number of rotatable bonds is 7. The minimum Gasteiger partial charge on any atom is -0.383 e. The van der Waals surface area contributed by atoms with E-state index in [1.807, 2.05) is 37.3 Å². The van der Waals surface area contributed by atoms with Gasteiger partial charge in [0.25, 0.3) is 0 Å². The molecule has 0 aliphatic carbocycles. The number of fused-ring (bicyclic) bond motifs is 1. The molecule has 1 aliphatic heterocycles. The normalized spacial score (nSPS) is 20.3. The van der Waals surface area contributed by atoms with Gasteiger partial charge in [0, 0.05) is 23.1 Å². The van der Waals surface area contributed by atoms with Crippen molar-refractivity contribution >= 4 is 10.8 Å². The van der Waals surface area contributed by atoms with Crippen LogP contribution < -0.4 is 0 Å². The molecule has 2 atom stereocenters. The van der Waals surface area contributed by atoms with E-state index in [0.29, 0.717) is 25.2 Å². The molecular weight excluding hydrogens is 478 g/mol. The van der Waals surface area contributed by atoms with Crippen molar-refractivity contribution in [3.05, 3.63) is 95.6 Å². The van der Waals surface area contributed by atoms with Gasteiger partial charge in [-0.3, -0.25) is 0 Å². The number of hydrogen-bond donors (Lipinski definition) is 1. The number of benzene rings is 3. The molecule has 7 nitrogen and oxygen atoms in total. The fourth-order valence-electron chi connectivity index (χ4n) is 4.96. The van der Waals surface area contributed by atoms with Crippen LogP contribution in [-0.4, -0.2) is 33.1 Å². The molecule has 2 heterocycles. The molecule has 190 valence electrons. The SMILES string of the molecule is CC(CC1COC(c2ccc3cc(C#N)ccc3c2)OC1)C(O)(Cn1cncn1)c1ccc(F)cc1F. The summed E-state index contributed by atoms with van der Waals surface area (Å²) in [6.07, 6.45) is 2.73. The van der Waals surface area contributed by atoms with Gasteiger partial charge < -0.3 is 14.6 Å². The van der Waals surface area contributed by atoms with Crippen molar-refractivity contribution < 1.29 is 23.4 Å². The molecule has 0 saturated carbocycles. The molecule has 9 heteroatoms. The molecule has 37 heavy (non-hydrogen) atoms. The van der Waals surface area contributed by atoms with Crippen LogP contribution in [0.2, 0.25) is 0 Å². The lowest BCUT2D eigenvalue weighted by molar-refractivity contribution is -0.210. The Hall–Kier alpha value is -3.71. The summed E-state index contributed by atoms with van der Waals surface area (Å²) < 4.78 is 41.9. The number of aliphatic hydroxyl groups is 1. The van der Waals surface area contributed by atoms with Crippen molar-refractivity contribution in [2.75, 3.05) is 13.2 Å². The molecule has 0 radical (unpaired) electrons. The molecule has 0 spiro atoms. The van der Waals surface area contributed by atoms with Gasteiger partial charge in [-0.15, -0.1) is 0 Å². The first-order valence-corrected chi connectivity index (χ1v) is 12.0. The standard InChI is InChI=1S/C28H26F2N4O3/c1-18(28(35,15-34-17-32-16-33-34)25-7-6-24(29)11-26(25)30)8-20-13-36-27(37-14-20)23-5-4-21-9-19(12-31)2-3-22(21)10-23/h2-7,9-11,16-18,20,27,35H,8,13-15H2,1H3. The highest BCUT2D eigenvalue weighted by molar-refractivity contribution is 5.84. The first kappa shape index (κ1) is 25.0. The summed E-state index contributed by atoms with van der Waals surface area (Å²) in [5.41, 5.74) is -0.183. The Labute approximate surface area is 212 Å². The average molecular weight is 505 g/mol. The highest BCUT2D eigenvalue weighted by Gasteiger charge is 2.40. The van der Waals surface area contributed by atoms with Crippen LogP contribution in [0.1, 0.15) is 36.3 Å². The maximum atomic E-state index is 14.8. The van der Waals surface area contributed by atoms with Crippen LogP contribution in [0.3, 0.4) is 0 Å². The fraction of sp³-hybridized carbons (Fsp3) is 0.321. The van der Waals surface area contributed by atoms with E-state index in [4.69, 9.17) is 14.7 Å². The molecule has 0 bridgehead atoms. The number of ether oxygens (including phenoxy) is 2. The van der Waals surface area contributed by atoms with Gasteiger partial charge in [-0.05, 0) is 47.4 Å². The summed E-state index contributed by atoms with van der Waals surface area (Å²) >= 11 is 0. The zero-order valence-electron chi connectivity index (χ0n) is 20.2. The largest absolute Gasteiger partial charge is 0.383 e.